The van der Waals surface area contributed by atoms with Gasteiger partial charge in [0.25, 0.3) is 5.91 Å². The Labute approximate surface area is 125 Å². The predicted molar refractivity (Wildman–Crippen MR) is 81.8 cm³/mol. The zero-order valence-corrected chi connectivity index (χ0v) is 12.7. The fraction of sp³-hybridized carbons (Fsp3) is 0.500. The molecule has 1 unspecified atom stereocenters. The van der Waals surface area contributed by atoms with Gasteiger partial charge >= 0.3 is 0 Å². The number of hydrogen-bond acceptors (Lipinski definition) is 3. The van der Waals surface area contributed by atoms with E-state index in [0.717, 1.165) is 18.4 Å². The lowest BCUT2D eigenvalue weighted by molar-refractivity contribution is -0.119. The number of hydrogen-bond donors (Lipinski definition) is 3. The van der Waals surface area contributed by atoms with Gasteiger partial charge in [0, 0.05) is 32.2 Å². The number of aliphatic hydroxyl groups excluding tert-OH is 1. The highest BCUT2D eigenvalue weighted by molar-refractivity contribution is 5.94. The molecule has 0 saturated carbocycles. The summed E-state index contributed by atoms with van der Waals surface area (Å²) in [5, 5.41) is 14.5. The molecule has 0 aliphatic heterocycles. The molecular weight excluding hydrogens is 268 g/mol. The first-order chi connectivity index (χ1) is 10.0. The van der Waals surface area contributed by atoms with E-state index in [1.54, 1.807) is 12.1 Å². The number of carbonyl (C=O) groups is 2. The maximum atomic E-state index is 11.9. The van der Waals surface area contributed by atoms with Crippen LogP contribution in [0.4, 0.5) is 0 Å². The summed E-state index contributed by atoms with van der Waals surface area (Å²) in [6, 6.07) is 7.17. The number of aliphatic hydroxyl groups is 1. The van der Waals surface area contributed by atoms with Crippen molar-refractivity contribution in [3.63, 3.8) is 0 Å². The van der Waals surface area contributed by atoms with Crippen molar-refractivity contribution in [3.8, 4) is 0 Å². The second-order valence-electron chi connectivity index (χ2n) is 5.29. The minimum atomic E-state index is -0.0993. The van der Waals surface area contributed by atoms with Crippen molar-refractivity contribution in [1.29, 1.82) is 0 Å². The molecule has 1 rings (SSSR count). The molecule has 5 nitrogen and oxygen atoms in total. The van der Waals surface area contributed by atoms with Crippen molar-refractivity contribution in [2.24, 2.45) is 5.92 Å². The molecule has 0 aromatic heterocycles. The molecule has 0 radical (unpaired) electrons. The number of nitrogens with one attached hydrogen (secondary N) is 2. The van der Waals surface area contributed by atoms with Crippen LogP contribution in [-0.4, -0.2) is 30.1 Å². The van der Waals surface area contributed by atoms with Gasteiger partial charge in [-0.3, -0.25) is 9.59 Å². The molecule has 0 heterocycles. The lowest BCUT2D eigenvalue weighted by Crippen LogP contribution is -2.25. The normalized spacial score (nSPS) is 11.8. The second kappa shape index (κ2) is 9.13. The van der Waals surface area contributed by atoms with E-state index in [0.29, 0.717) is 18.7 Å². The third-order valence-electron chi connectivity index (χ3n) is 3.23. The van der Waals surface area contributed by atoms with Gasteiger partial charge in [-0.2, -0.15) is 0 Å². The number of rotatable bonds is 8. The quantitative estimate of drug-likeness (QED) is 0.635. The van der Waals surface area contributed by atoms with E-state index in [2.05, 4.69) is 10.6 Å². The highest BCUT2D eigenvalue weighted by atomic mass is 16.3. The van der Waals surface area contributed by atoms with E-state index in [1.165, 1.54) is 6.92 Å². The largest absolute Gasteiger partial charge is 0.396 e. The van der Waals surface area contributed by atoms with Gasteiger partial charge in [-0.05, 0) is 36.5 Å². The monoisotopic (exact) mass is 292 g/mol. The van der Waals surface area contributed by atoms with Crippen molar-refractivity contribution in [3.05, 3.63) is 35.4 Å². The Balaban J connectivity index is 2.35. The van der Waals surface area contributed by atoms with E-state index < -0.39 is 0 Å². The van der Waals surface area contributed by atoms with Crippen LogP contribution in [-0.2, 0) is 11.3 Å². The van der Waals surface area contributed by atoms with E-state index in [1.807, 2.05) is 19.1 Å². The van der Waals surface area contributed by atoms with Crippen LogP contribution in [0.25, 0.3) is 0 Å². The van der Waals surface area contributed by atoms with Crippen molar-refractivity contribution in [2.75, 3.05) is 13.2 Å². The van der Waals surface area contributed by atoms with Gasteiger partial charge in [0.2, 0.25) is 5.91 Å². The maximum Gasteiger partial charge on any atom is 0.251 e. The Bertz CT molecular complexity index is 457. The van der Waals surface area contributed by atoms with Crippen LogP contribution >= 0.6 is 0 Å². The Morgan fingerprint density at radius 3 is 2.43 bits per heavy atom. The van der Waals surface area contributed by atoms with Crippen LogP contribution in [0, 0.1) is 5.92 Å². The van der Waals surface area contributed by atoms with Crippen LogP contribution in [0.1, 0.15) is 42.6 Å². The molecule has 0 bridgehead atoms. The molecule has 5 heteroatoms. The Kier molecular flexibility index (Phi) is 7.46. The van der Waals surface area contributed by atoms with Crippen molar-refractivity contribution >= 4 is 11.8 Å². The van der Waals surface area contributed by atoms with E-state index in [4.69, 9.17) is 5.11 Å². The summed E-state index contributed by atoms with van der Waals surface area (Å²) in [4.78, 5) is 22.7. The molecular formula is C16H24N2O3. The summed E-state index contributed by atoms with van der Waals surface area (Å²) in [5.41, 5.74) is 1.57. The fourth-order valence-corrected chi connectivity index (χ4v) is 1.85. The van der Waals surface area contributed by atoms with Crippen LogP contribution in [0.2, 0.25) is 0 Å². The predicted octanol–water partition coefficient (Wildman–Crippen LogP) is 1.46. The topological polar surface area (TPSA) is 78.4 Å². The summed E-state index contributed by atoms with van der Waals surface area (Å²) in [5.74, 6) is 0.0987. The van der Waals surface area contributed by atoms with Gasteiger partial charge in [-0.1, -0.05) is 19.1 Å². The summed E-state index contributed by atoms with van der Waals surface area (Å²) >= 11 is 0. The van der Waals surface area contributed by atoms with Crippen molar-refractivity contribution in [1.82, 2.24) is 10.6 Å². The Morgan fingerprint density at radius 1 is 1.19 bits per heavy atom. The molecule has 0 aliphatic carbocycles. The minimum absolute atomic E-state index is 0.0751. The van der Waals surface area contributed by atoms with Crippen LogP contribution in [0.15, 0.2) is 24.3 Å². The molecule has 21 heavy (non-hydrogen) atoms. The second-order valence-corrected chi connectivity index (χ2v) is 5.29. The first-order valence-electron chi connectivity index (χ1n) is 7.25. The lowest BCUT2D eigenvalue weighted by atomic mass is 10.1. The minimum Gasteiger partial charge on any atom is -0.396 e. The molecule has 116 valence electrons. The Morgan fingerprint density at radius 2 is 1.86 bits per heavy atom. The van der Waals surface area contributed by atoms with E-state index in [9.17, 15) is 9.59 Å². The molecule has 1 aromatic rings. The number of amides is 2. The molecule has 0 spiro atoms. The summed E-state index contributed by atoms with van der Waals surface area (Å²) in [7, 11) is 0. The standard InChI is InChI=1S/C16H24N2O3/c1-12(11-19)4-3-9-17-16(21)15-7-5-14(6-8-15)10-18-13(2)20/h5-8,12,19H,3-4,9-11H2,1-2H3,(H,17,21)(H,18,20). The summed E-state index contributed by atoms with van der Waals surface area (Å²) in [6.45, 7) is 4.71. The van der Waals surface area contributed by atoms with Crippen LogP contribution in [0.3, 0.4) is 0 Å². The average molecular weight is 292 g/mol. The van der Waals surface area contributed by atoms with Crippen LogP contribution < -0.4 is 10.6 Å². The van der Waals surface area contributed by atoms with Crippen molar-refractivity contribution < 1.29 is 14.7 Å². The van der Waals surface area contributed by atoms with E-state index >= 15 is 0 Å². The summed E-state index contributed by atoms with van der Waals surface area (Å²) < 4.78 is 0. The third kappa shape index (κ3) is 6.90. The highest BCUT2D eigenvalue weighted by Crippen LogP contribution is 2.06. The van der Waals surface area contributed by atoms with Gasteiger partial charge in [0.15, 0.2) is 0 Å². The number of benzene rings is 1. The first-order valence-corrected chi connectivity index (χ1v) is 7.25. The fourth-order valence-electron chi connectivity index (χ4n) is 1.85. The molecule has 1 aromatic carbocycles. The third-order valence-corrected chi connectivity index (χ3v) is 3.23. The molecule has 3 N–H and O–H groups in total. The maximum absolute atomic E-state index is 11.9. The SMILES string of the molecule is CC(=O)NCc1ccc(C(=O)NCCCC(C)CO)cc1. The van der Waals surface area contributed by atoms with Gasteiger partial charge in [0.05, 0.1) is 0 Å². The van der Waals surface area contributed by atoms with Gasteiger partial charge in [-0.15, -0.1) is 0 Å². The zero-order chi connectivity index (χ0) is 15.7. The molecule has 2 amide bonds. The molecule has 1 atom stereocenters. The van der Waals surface area contributed by atoms with Crippen molar-refractivity contribution in [2.45, 2.75) is 33.2 Å². The van der Waals surface area contributed by atoms with E-state index in [-0.39, 0.29) is 24.3 Å². The molecule has 0 aliphatic rings. The van der Waals surface area contributed by atoms with Crippen LogP contribution in [0.5, 0.6) is 0 Å². The number of carbonyl (C=O) groups excluding carboxylic acids is 2. The first kappa shape index (κ1) is 17.2. The lowest BCUT2D eigenvalue weighted by Gasteiger charge is -2.09. The molecule has 0 saturated heterocycles. The van der Waals surface area contributed by atoms with Gasteiger partial charge < -0.3 is 15.7 Å². The smallest absolute Gasteiger partial charge is 0.251 e. The average Bonchev–Trinajstić information content (AvgIpc) is 2.49. The summed E-state index contributed by atoms with van der Waals surface area (Å²) in [6.07, 6.45) is 1.75. The van der Waals surface area contributed by atoms with Gasteiger partial charge in [0.1, 0.15) is 0 Å². The highest BCUT2D eigenvalue weighted by Gasteiger charge is 2.05. The van der Waals surface area contributed by atoms with Gasteiger partial charge in [-0.25, -0.2) is 0 Å². The molecule has 0 fully saturated rings. The zero-order valence-electron chi connectivity index (χ0n) is 12.7. The Hall–Kier alpha value is -1.88.